The van der Waals surface area contributed by atoms with Gasteiger partial charge in [0.05, 0.1) is 0 Å². The van der Waals surface area contributed by atoms with Gasteiger partial charge in [0.15, 0.2) is 0 Å². The zero-order chi connectivity index (χ0) is 13.1. The molecule has 1 saturated heterocycles. The van der Waals surface area contributed by atoms with Gasteiger partial charge in [-0.05, 0) is 44.3 Å². The molecule has 0 spiro atoms. The van der Waals surface area contributed by atoms with Crippen molar-refractivity contribution in [1.29, 1.82) is 0 Å². The van der Waals surface area contributed by atoms with Crippen molar-refractivity contribution in [1.82, 2.24) is 9.80 Å². The zero-order valence-corrected chi connectivity index (χ0v) is 13.8. The van der Waals surface area contributed by atoms with E-state index in [-0.39, 0.29) is 0 Å². The highest BCUT2D eigenvalue weighted by molar-refractivity contribution is 9.09. The molecule has 0 aromatic heterocycles. The molecule has 1 rings (SSSR count). The molecule has 0 radical (unpaired) electrons. The summed E-state index contributed by atoms with van der Waals surface area (Å²) in [4.78, 5) is 4.98. The van der Waals surface area contributed by atoms with Crippen molar-refractivity contribution < 1.29 is 0 Å². The van der Waals surface area contributed by atoms with Crippen molar-refractivity contribution >= 4 is 15.9 Å². The molecular weight excluding hydrogens is 276 g/mol. The summed E-state index contributed by atoms with van der Waals surface area (Å²) in [5.74, 6) is 1.60. The zero-order valence-electron chi connectivity index (χ0n) is 12.2. The van der Waals surface area contributed by atoms with Crippen LogP contribution in [0.3, 0.4) is 0 Å². The smallest absolute Gasteiger partial charge is 0.00768 e. The predicted octanol–water partition coefficient (Wildman–Crippen LogP) is 2.93. The molecule has 102 valence electrons. The number of halogens is 1. The Morgan fingerprint density at radius 2 is 2.06 bits per heavy atom. The summed E-state index contributed by atoms with van der Waals surface area (Å²) in [6, 6.07) is 0. The number of rotatable bonds is 5. The molecule has 1 fully saturated rings. The van der Waals surface area contributed by atoms with E-state index in [4.69, 9.17) is 0 Å². The van der Waals surface area contributed by atoms with Crippen molar-refractivity contribution in [3.63, 3.8) is 0 Å². The van der Waals surface area contributed by atoms with Crippen LogP contribution in [-0.4, -0.2) is 55.4 Å². The molecule has 2 nitrogen and oxygen atoms in total. The highest BCUT2D eigenvalue weighted by Gasteiger charge is 2.26. The first-order valence-electron chi connectivity index (χ1n) is 6.76. The summed E-state index contributed by atoms with van der Waals surface area (Å²) in [5.41, 5.74) is 0.393. The van der Waals surface area contributed by atoms with E-state index in [1.165, 1.54) is 32.6 Å². The Hall–Kier alpha value is 0.400. The lowest BCUT2D eigenvalue weighted by Gasteiger charge is -2.33. The van der Waals surface area contributed by atoms with Crippen LogP contribution in [-0.2, 0) is 0 Å². The molecule has 0 aliphatic carbocycles. The standard InChI is InChI=1S/C14H29BrN2/c1-14(2,3)13(8-15)11-17(5)10-12-6-7-16(4)9-12/h12-13H,6-11H2,1-5H3. The van der Waals surface area contributed by atoms with Gasteiger partial charge in [-0.25, -0.2) is 0 Å². The third kappa shape index (κ3) is 5.27. The first kappa shape index (κ1) is 15.5. The largest absolute Gasteiger partial charge is 0.306 e. The van der Waals surface area contributed by atoms with Crippen molar-refractivity contribution in [3.05, 3.63) is 0 Å². The molecule has 1 heterocycles. The summed E-state index contributed by atoms with van der Waals surface area (Å²) in [5, 5.41) is 1.10. The van der Waals surface area contributed by atoms with Gasteiger partial charge in [0, 0.05) is 25.0 Å². The first-order chi connectivity index (χ1) is 7.82. The lowest BCUT2D eigenvalue weighted by atomic mass is 9.82. The Morgan fingerprint density at radius 1 is 1.41 bits per heavy atom. The Balaban J connectivity index is 2.35. The molecule has 0 bridgehead atoms. The predicted molar refractivity (Wildman–Crippen MR) is 79.8 cm³/mol. The molecule has 2 atom stereocenters. The van der Waals surface area contributed by atoms with E-state index in [2.05, 4.69) is 60.6 Å². The van der Waals surface area contributed by atoms with Gasteiger partial charge in [-0.2, -0.15) is 0 Å². The number of alkyl halides is 1. The molecule has 1 aliphatic rings. The molecule has 0 aromatic carbocycles. The quantitative estimate of drug-likeness (QED) is 0.721. The van der Waals surface area contributed by atoms with Crippen LogP contribution >= 0.6 is 15.9 Å². The lowest BCUT2D eigenvalue weighted by Crippen LogP contribution is -2.37. The van der Waals surface area contributed by atoms with E-state index in [0.29, 0.717) is 5.41 Å². The van der Waals surface area contributed by atoms with Crippen LogP contribution in [0.1, 0.15) is 27.2 Å². The molecule has 17 heavy (non-hydrogen) atoms. The molecule has 3 heteroatoms. The van der Waals surface area contributed by atoms with Crippen LogP contribution in [0.25, 0.3) is 0 Å². The number of likely N-dealkylation sites (tertiary alicyclic amines) is 1. The Kier molecular flexibility index (Phi) is 5.94. The summed E-state index contributed by atoms with van der Waals surface area (Å²) < 4.78 is 0. The second kappa shape index (κ2) is 6.53. The highest BCUT2D eigenvalue weighted by Crippen LogP contribution is 2.28. The monoisotopic (exact) mass is 304 g/mol. The molecule has 0 amide bonds. The Bertz CT molecular complexity index is 225. The maximum Gasteiger partial charge on any atom is 0.00768 e. The van der Waals surface area contributed by atoms with Crippen LogP contribution in [0.4, 0.5) is 0 Å². The lowest BCUT2D eigenvalue weighted by molar-refractivity contribution is 0.172. The van der Waals surface area contributed by atoms with E-state index >= 15 is 0 Å². The van der Waals surface area contributed by atoms with Gasteiger partial charge >= 0.3 is 0 Å². The van der Waals surface area contributed by atoms with Crippen molar-refractivity contribution in [2.45, 2.75) is 27.2 Å². The highest BCUT2D eigenvalue weighted by atomic mass is 79.9. The topological polar surface area (TPSA) is 6.48 Å². The minimum Gasteiger partial charge on any atom is -0.306 e. The Morgan fingerprint density at radius 3 is 2.47 bits per heavy atom. The third-order valence-electron chi connectivity index (χ3n) is 4.00. The molecule has 1 aliphatic heterocycles. The summed E-state index contributed by atoms with van der Waals surface area (Å²) in [6.07, 6.45) is 1.37. The molecule has 0 N–H and O–H groups in total. The minimum absolute atomic E-state index is 0.393. The fourth-order valence-electron chi connectivity index (χ4n) is 2.62. The SMILES string of the molecule is CN1CCC(CN(C)CC(CBr)C(C)(C)C)C1. The van der Waals surface area contributed by atoms with E-state index in [1.54, 1.807) is 0 Å². The first-order valence-corrected chi connectivity index (χ1v) is 7.88. The molecule has 2 unspecified atom stereocenters. The Labute approximate surface area is 116 Å². The van der Waals surface area contributed by atoms with E-state index in [1.807, 2.05) is 0 Å². The minimum atomic E-state index is 0.393. The van der Waals surface area contributed by atoms with Gasteiger partial charge in [-0.3, -0.25) is 0 Å². The normalized spacial score (nSPS) is 24.5. The number of hydrogen-bond acceptors (Lipinski definition) is 2. The van der Waals surface area contributed by atoms with Gasteiger partial charge in [-0.15, -0.1) is 0 Å². The average molecular weight is 305 g/mol. The van der Waals surface area contributed by atoms with Gasteiger partial charge in [-0.1, -0.05) is 36.7 Å². The van der Waals surface area contributed by atoms with E-state index in [0.717, 1.165) is 17.2 Å². The van der Waals surface area contributed by atoms with Crippen molar-refractivity contribution in [3.8, 4) is 0 Å². The van der Waals surface area contributed by atoms with Gasteiger partial charge in [0.25, 0.3) is 0 Å². The maximum absolute atomic E-state index is 3.67. The van der Waals surface area contributed by atoms with Crippen LogP contribution in [0.2, 0.25) is 0 Å². The second-order valence-corrected chi connectivity index (χ2v) is 7.50. The van der Waals surface area contributed by atoms with Gasteiger partial charge in [0.1, 0.15) is 0 Å². The van der Waals surface area contributed by atoms with Crippen LogP contribution in [0.5, 0.6) is 0 Å². The van der Waals surface area contributed by atoms with Crippen molar-refractivity contribution in [2.75, 3.05) is 45.6 Å². The van der Waals surface area contributed by atoms with E-state index in [9.17, 15) is 0 Å². The summed E-state index contributed by atoms with van der Waals surface area (Å²) in [7, 11) is 4.51. The maximum atomic E-state index is 3.67. The van der Waals surface area contributed by atoms with Crippen LogP contribution in [0, 0.1) is 17.3 Å². The number of hydrogen-bond donors (Lipinski definition) is 0. The molecule has 0 saturated carbocycles. The third-order valence-corrected chi connectivity index (χ3v) is 4.78. The molecule has 0 aromatic rings. The number of nitrogens with zero attached hydrogens (tertiary/aromatic N) is 2. The van der Waals surface area contributed by atoms with Crippen LogP contribution in [0.15, 0.2) is 0 Å². The van der Waals surface area contributed by atoms with Gasteiger partial charge in [0.2, 0.25) is 0 Å². The second-order valence-electron chi connectivity index (χ2n) is 6.86. The van der Waals surface area contributed by atoms with Crippen molar-refractivity contribution in [2.24, 2.45) is 17.3 Å². The van der Waals surface area contributed by atoms with Crippen LogP contribution < -0.4 is 0 Å². The summed E-state index contributed by atoms with van der Waals surface area (Å²) >= 11 is 3.67. The summed E-state index contributed by atoms with van der Waals surface area (Å²) in [6.45, 7) is 12.0. The van der Waals surface area contributed by atoms with Gasteiger partial charge < -0.3 is 9.80 Å². The van der Waals surface area contributed by atoms with E-state index < -0.39 is 0 Å². The fraction of sp³-hybridized carbons (Fsp3) is 1.00. The fourth-order valence-corrected chi connectivity index (χ4v) is 3.80. The average Bonchev–Trinajstić information content (AvgIpc) is 2.58. The molecular formula is C14H29BrN2.